The van der Waals surface area contributed by atoms with E-state index in [2.05, 4.69) is 5.16 Å². The molecule has 2 aromatic carbocycles. The smallest absolute Gasteiger partial charge is 0.269 e. The normalized spacial score (nSPS) is 11.5. The van der Waals surface area contributed by atoms with Crippen LogP contribution in [0, 0.1) is 10.1 Å². The van der Waals surface area contributed by atoms with E-state index in [-0.39, 0.29) is 22.9 Å². The summed E-state index contributed by atoms with van der Waals surface area (Å²) < 4.78 is 23.9. The number of hydrogen-bond acceptors (Lipinski definition) is 6. The molecule has 2 aromatic rings. The Hall–Kier alpha value is -2.74. The maximum absolute atomic E-state index is 12.0. The van der Waals surface area contributed by atoms with Crippen LogP contribution in [0.15, 0.2) is 64.6 Å². The number of nitrogens with zero attached hydrogens (tertiary/aromatic N) is 2. The number of rotatable bonds is 7. The zero-order valence-electron chi connectivity index (χ0n) is 12.0. The maximum atomic E-state index is 12.0. The highest BCUT2D eigenvalue weighted by Crippen LogP contribution is 2.11. The summed E-state index contributed by atoms with van der Waals surface area (Å²) in [5.41, 5.74) is 0.596. The summed E-state index contributed by atoms with van der Waals surface area (Å²) in [6, 6.07) is 13.8. The second kappa shape index (κ2) is 7.50. The lowest BCUT2D eigenvalue weighted by molar-refractivity contribution is -0.384. The fourth-order valence-corrected chi connectivity index (χ4v) is 2.83. The third-order valence-electron chi connectivity index (χ3n) is 2.93. The third-order valence-corrected chi connectivity index (χ3v) is 4.62. The lowest BCUT2D eigenvalue weighted by Gasteiger charge is -2.03. The zero-order valence-corrected chi connectivity index (χ0v) is 12.8. The van der Waals surface area contributed by atoms with Crippen molar-refractivity contribution < 1.29 is 18.2 Å². The first-order valence-corrected chi connectivity index (χ1v) is 8.32. The van der Waals surface area contributed by atoms with E-state index in [4.69, 9.17) is 4.84 Å². The van der Waals surface area contributed by atoms with Gasteiger partial charge in [0.25, 0.3) is 5.69 Å². The van der Waals surface area contributed by atoms with Crippen LogP contribution in [0.5, 0.6) is 0 Å². The van der Waals surface area contributed by atoms with Gasteiger partial charge in [-0.15, -0.1) is 0 Å². The molecular weight excluding hydrogens is 320 g/mol. The van der Waals surface area contributed by atoms with Gasteiger partial charge in [0.15, 0.2) is 9.84 Å². The third kappa shape index (κ3) is 4.89. The first kappa shape index (κ1) is 16.6. The summed E-state index contributed by atoms with van der Waals surface area (Å²) in [5, 5.41) is 14.2. The van der Waals surface area contributed by atoms with Gasteiger partial charge in [-0.25, -0.2) is 8.42 Å². The molecule has 0 saturated heterocycles. The Balaban J connectivity index is 1.84. The lowest BCUT2D eigenvalue weighted by atomic mass is 10.2. The molecule has 0 aliphatic carbocycles. The van der Waals surface area contributed by atoms with Gasteiger partial charge in [-0.05, 0) is 29.8 Å². The van der Waals surface area contributed by atoms with E-state index in [1.165, 1.54) is 42.6 Å². The van der Waals surface area contributed by atoms with Crippen molar-refractivity contribution in [3.8, 4) is 0 Å². The maximum Gasteiger partial charge on any atom is 0.269 e. The highest BCUT2D eigenvalue weighted by Gasteiger charge is 2.13. The molecule has 2 rings (SSSR count). The molecule has 23 heavy (non-hydrogen) atoms. The van der Waals surface area contributed by atoms with Crippen LogP contribution >= 0.6 is 0 Å². The molecule has 8 heteroatoms. The van der Waals surface area contributed by atoms with Gasteiger partial charge in [0.1, 0.15) is 6.61 Å². The van der Waals surface area contributed by atoms with Gasteiger partial charge in [-0.2, -0.15) is 0 Å². The molecule has 120 valence electrons. The molecule has 0 aliphatic rings. The molecule has 0 aromatic heterocycles. The summed E-state index contributed by atoms with van der Waals surface area (Å²) in [5.74, 6) is -0.186. The summed E-state index contributed by atoms with van der Waals surface area (Å²) >= 11 is 0. The second-order valence-corrected chi connectivity index (χ2v) is 6.66. The van der Waals surface area contributed by atoms with Crippen molar-refractivity contribution >= 4 is 21.7 Å². The minimum absolute atomic E-state index is 0.0166. The van der Waals surface area contributed by atoms with Crippen LogP contribution in [0.2, 0.25) is 0 Å². The Bertz CT molecular complexity index is 786. The molecule has 0 saturated carbocycles. The summed E-state index contributed by atoms with van der Waals surface area (Å²) in [6.45, 7) is -0.0826. The van der Waals surface area contributed by atoms with E-state index in [1.54, 1.807) is 18.2 Å². The predicted octanol–water partition coefficient (Wildman–Crippen LogP) is 2.42. The fourth-order valence-electron chi connectivity index (χ4n) is 1.73. The van der Waals surface area contributed by atoms with E-state index < -0.39 is 14.8 Å². The van der Waals surface area contributed by atoms with E-state index in [9.17, 15) is 18.5 Å². The number of benzene rings is 2. The number of nitro benzene ring substituents is 1. The summed E-state index contributed by atoms with van der Waals surface area (Å²) in [7, 11) is -3.39. The number of hydrogen-bond donors (Lipinski definition) is 0. The van der Waals surface area contributed by atoms with Crippen LogP contribution in [0.25, 0.3) is 0 Å². The van der Waals surface area contributed by atoms with Gasteiger partial charge in [0.05, 0.1) is 21.8 Å². The van der Waals surface area contributed by atoms with E-state index in [0.717, 1.165) is 0 Å². The molecule has 0 radical (unpaired) electrons. The van der Waals surface area contributed by atoms with Crippen molar-refractivity contribution in [1.29, 1.82) is 0 Å². The van der Waals surface area contributed by atoms with Gasteiger partial charge < -0.3 is 4.84 Å². The van der Waals surface area contributed by atoms with Crippen molar-refractivity contribution in [1.82, 2.24) is 0 Å². The first-order chi connectivity index (χ1) is 11.0. The number of sulfone groups is 1. The SMILES string of the molecule is O=[N+]([O-])c1ccc(/C=N/OCCS(=O)(=O)c2ccccc2)cc1. The molecule has 0 spiro atoms. The Kier molecular flexibility index (Phi) is 5.42. The number of nitro groups is 1. The first-order valence-electron chi connectivity index (χ1n) is 6.67. The second-order valence-electron chi connectivity index (χ2n) is 4.55. The monoisotopic (exact) mass is 334 g/mol. The van der Waals surface area contributed by atoms with Gasteiger partial charge in [-0.1, -0.05) is 23.4 Å². The van der Waals surface area contributed by atoms with Crippen molar-refractivity contribution in [3.63, 3.8) is 0 Å². The standard InChI is InChI=1S/C15H14N2O5S/c18-17(19)14-8-6-13(7-9-14)12-16-22-10-11-23(20,21)15-4-2-1-3-5-15/h1-9,12H,10-11H2/b16-12+. The Labute approximate surface area is 133 Å². The van der Waals surface area contributed by atoms with E-state index in [0.29, 0.717) is 5.56 Å². The topological polar surface area (TPSA) is 98.9 Å². The number of non-ortho nitro benzene ring substituents is 1. The average Bonchev–Trinajstić information content (AvgIpc) is 2.56. The van der Waals surface area contributed by atoms with Crippen LogP contribution in [-0.4, -0.2) is 31.9 Å². The van der Waals surface area contributed by atoms with Crippen molar-refractivity contribution in [3.05, 3.63) is 70.3 Å². The molecule has 0 aliphatic heterocycles. The van der Waals surface area contributed by atoms with Crippen molar-refractivity contribution in [2.24, 2.45) is 5.16 Å². The predicted molar refractivity (Wildman–Crippen MR) is 85.1 cm³/mol. The Morgan fingerprint density at radius 1 is 1.09 bits per heavy atom. The quantitative estimate of drug-likeness (QED) is 0.335. The minimum atomic E-state index is -3.39. The molecule has 0 amide bonds. The Morgan fingerprint density at radius 3 is 2.35 bits per heavy atom. The Morgan fingerprint density at radius 2 is 1.74 bits per heavy atom. The van der Waals surface area contributed by atoms with Crippen LogP contribution in [-0.2, 0) is 14.7 Å². The molecule has 0 unspecified atom stereocenters. The van der Waals surface area contributed by atoms with Gasteiger partial charge in [0, 0.05) is 12.1 Å². The molecule has 0 atom stereocenters. The van der Waals surface area contributed by atoms with Gasteiger partial charge in [0.2, 0.25) is 0 Å². The van der Waals surface area contributed by atoms with Crippen LogP contribution in [0.4, 0.5) is 5.69 Å². The molecule has 0 fully saturated rings. The highest BCUT2D eigenvalue weighted by molar-refractivity contribution is 7.91. The minimum Gasteiger partial charge on any atom is -0.395 e. The zero-order chi connectivity index (χ0) is 16.7. The van der Waals surface area contributed by atoms with Crippen LogP contribution in [0.1, 0.15) is 5.56 Å². The van der Waals surface area contributed by atoms with Crippen LogP contribution in [0.3, 0.4) is 0 Å². The highest BCUT2D eigenvalue weighted by atomic mass is 32.2. The molecule has 0 heterocycles. The van der Waals surface area contributed by atoms with E-state index in [1.807, 2.05) is 0 Å². The lowest BCUT2D eigenvalue weighted by Crippen LogP contribution is -2.11. The van der Waals surface area contributed by atoms with Gasteiger partial charge >= 0.3 is 0 Å². The fraction of sp³-hybridized carbons (Fsp3) is 0.133. The van der Waals surface area contributed by atoms with Crippen molar-refractivity contribution in [2.45, 2.75) is 4.90 Å². The average molecular weight is 334 g/mol. The number of oxime groups is 1. The van der Waals surface area contributed by atoms with E-state index >= 15 is 0 Å². The molecular formula is C15H14N2O5S. The largest absolute Gasteiger partial charge is 0.395 e. The molecule has 0 N–H and O–H groups in total. The van der Waals surface area contributed by atoms with Gasteiger partial charge in [-0.3, -0.25) is 10.1 Å². The molecule has 0 bridgehead atoms. The summed E-state index contributed by atoms with van der Waals surface area (Å²) in [6.07, 6.45) is 1.36. The summed E-state index contributed by atoms with van der Waals surface area (Å²) in [4.78, 5) is 15.2. The van der Waals surface area contributed by atoms with Crippen molar-refractivity contribution in [2.75, 3.05) is 12.4 Å². The van der Waals surface area contributed by atoms with Crippen LogP contribution < -0.4 is 0 Å². The molecule has 7 nitrogen and oxygen atoms in total.